The molecule has 0 spiro atoms. The van der Waals surface area contributed by atoms with E-state index in [1.165, 1.54) is 0 Å². The summed E-state index contributed by atoms with van der Waals surface area (Å²) in [5, 5.41) is 7.47. The molecule has 0 aliphatic carbocycles. The summed E-state index contributed by atoms with van der Waals surface area (Å²) in [4.78, 5) is 15.0. The van der Waals surface area contributed by atoms with Crippen LogP contribution >= 0.6 is 15.9 Å². The van der Waals surface area contributed by atoms with Gasteiger partial charge in [-0.15, -0.1) is 0 Å². The Balaban J connectivity index is 1.76. The summed E-state index contributed by atoms with van der Waals surface area (Å²) in [6, 6.07) is 15.7. The van der Waals surface area contributed by atoms with Crippen molar-refractivity contribution in [3.63, 3.8) is 0 Å². The first-order valence-electron chi connectivity index (χ1n) is 8.89. The molecule has 1 heterocycles. The molecule has 1 aromatic heterocycles. The lowest BCUT2D eigenvalue weighted by molar-refractivity contribution is 0.414. The predicted octanol–water partition coefficient (Wildman–Crippen LogP) is 3.77. The van der Waals surface area contributed by atoms with E-state index < -0.39 is 0 Å². The van der Waals surface area contributed by atoms with Gasteiger partial charge in [-0.1, -0.05) is 46.3 Å². The third-order valence-corrected chi connectivity index (χ3v) is 4.37. The molecule has 8 nitrogen and oxygen atoms in total. The number of benzene rings is 2. The standard InChI is InChI=1S/C20H22BrN7O/c1-28(2)20-25-18(22-12-14-7-5-4-6-8-14)24-19(26-20)27-23-13-15-11-16(21)9-10-17(15)29-3/h4-11,13H,12H2,1-3H3,(H2,22,24,25,26,27)/b23-13-. The van der Waals surface area contributed by atoms with Crippen molar-refractivity contribution in [1.29, 1.82) is 0 Å². The van der Waals surface area contributed by atoms with Crippen LogP contribution in [0.1, 0.15) is 11.1 Å². The highest BCUT2D eigenvalue weighted by Gasteiger charge is 2.08. The Morgan fingerprint density at radius 3 is 2.55 bits per heavy atom. The lowest BCUT2D eigenvalue weighted by Crippen LogP contribution is -2.16. The van der Waals surface area contributed by atoms with E-state index in [2.05, 4.69) is 46.7 Å². The van der Waals surface area contributed by atoms with Gasteiger partial charge in [-0.05, 0) is 23.8 Å². The smallest absolute Gasteiger partial charge is 0.250 e. The summed E-state index contributed by atoms with van der Waals surface area (Å²) in [5.74, 6) is 2.04. The van der Waals surface area contributed by atoms with Crippen molar-refractivity contribution in [2.45, 2.75) is 6.54 Å². The molecule has 0 radical (unpaired) electrons. The molecule has 0 aliphatic heterocycles. The first kappa shape index (κ1) is 20.5. The van der Waals surface area contributed by atoms with Gasteiger partial charge >= 0.3 is 0 Å². The Labute approximate surface area is 178 Å². The van der Waals surface area contributed by atoms with Crippen LogP contribution in [-0.2, 0) is 6.54 Å². The highest BCUT2D eigenvalue weighted by atomic mass is 79.9. The summed E-state index contributed by atoms with van der Waals surface area (Å²) >= 11 is 3.45. The number of ether oxygens (including phenoxy) is 1. The lowest BCUT2D eigenvalue weighted by atomic mass is 10.2. The maximum Gasteiger partial charge on any atom is 0.250 e. The number of rotatable bonds is 8. The van der Waals surface area contributed by atoms with E-state index in [1.54, 1.807) is 13.3 Å². The number of halogens is 1. The molecule has 0 saturated carbocycles. The number of nitrogens with one attached hydrogen (secondary N) is 2. The molecule has 150 valence electrons. The Kier molecular flexibility index (Phi) is 6.96. The molecule has 0 bridgehead atoms. The molecule has 3 rings (SSSR count). The van der Waals surface area contributed by atoms with Crippen LogP contribution < -0.4 is 20.4 Å². The molecule has 2 N–H and O–H groups in total. The van der Waals surface area contributed by atoms with Gasteiger partial charge in [0.05, 0.1) is 13.3 Å². The second-order valence-corrected chi connectivity index (χ2v) is 7.19. The van der Waals surface area contributed by atoms with Crippen molar-refractivity contribution < 1.29 is 4.74 Å². The Morgan fingerprint density at radius 2 is 1.83 bits per heavy atom. The van der Waals surface area contributed by atoms with Gasteiger partial charge in [0.15, 0.2) is 0 Å². The zero-order valence-corrected chi connectivity index (χ0v) is 18.0. The zero-order valence-electron chi connectivity index (χ0n) is 16.4. The average Bonchev–Trinajstić information content (AvgIpc) is 2.73. The van der Waals surface area contributed by atoms with E-state index in [0.29, 0.717) is 30.1 Å². The molecule has 9 heteroatoms. The Morgan fingerprint density at radius 1 is 1.07 bits per heavy atom. The monoisotopic (exact) mass is 455 g/mol. The normalized spacial score (nSPS) is 10.8. The van der Waals surface area contributed by atoms with Crippen molar-refractivity contribution in [2.75, 3.05) is 36.8 Å². The van der Waals surface area contributed by atoms with Gasteiger partial charge in [-0.25, -0.2) is 5.43 Å². The topological polar surface area (TPSA) is 87.6 Å². The minimum Gasteiger partial charge on any atom is -0.496 e. The fourth-order valence-corrected chi connectivity index (χ4v) is 2.82. The van der Waals surface area contributed by atoms with Crippen LogP contribution in [0.25, 0.3) is 0 Å². The summed E-state index contributed by atoms with van der Waals surface area (Å²) < 4.78 is 6.28. The van der Waals surface area contributed by atoms with Crippen molar-refractivity contribution in [3.05, 3.63) is 64.1 Å². The van der Waals surface area contributed by atoms with Crippen LogP contribution in [0.15, 0.2) is 58.1 Å². The van der Waals surface area contributed by atoms with Crippen LogP contribution in [0.2, 0.25) is 0 Å². The number of aromatic nitrogens is 3. The van der Waals surface area contributed by atoms with Crippen LogP contribution in [0.5, 0.6) is 5.75 Å². The fourth-order valence-electron chi connectivity index (χ4n) is 2.44. The first-order chi connectivity index (χ1) is 14.0. The third-order valence-electron chi connectivity index (χ3n) is 3.88. The van der Waals surface area contributed by atoms with Crippen LogP contribution in [0.4, 0.5) is 17.8 Å². The number of anilines is 3. The van der Waals surface area contributed by atoms with Gasteiger partial charge in [-0.3, -0.25) is 0 Å². The SMILES string of the molecule is COc1ccc(Br)cc1/C=N\Nc1nc(NCc2ccccc2)nc(N(C)C)n1. The number of hydrogen-bond acceptors (Lipinski definition) is 8. The minimum absolute atomic E-state index is 0.337. The second kappa shape index (κ2) is 9.83. The van der Waals surface area contributed by atoms with Crippen molar-refractivity contribution >= 4 is 40.0 Å². The molecular formula is C20H22BrN7O. The van der Waals surface area contributed by atoms with E-state index in [0.717, 1.165) is 15.6 Å². The third kappa shape index (κ3) is 5.89. The molecule has 0 fully saturated rings. The van der Waals surface area contributed by atoms with Crippen LogP contribution in [0, 0.1) is 0 Å². The largest absolute Gasteiger partial charge is 0.496 e. The van der Waals surface area contributed by atoms with Gasteiger partial charge in [0.2, 0.25) is 17.8 Å². The van der Waals surface area contributed by atoms with Crippen molar-refractivity contribution in [2.24, 2.45) is 5.10 Å². The summed E-state index contributed by atoms with van der Waals surface area (Å²) in [5.41, 5.74) is 4.82. The van der Waals surface area contributed by atoms with Gasteiger partial charge in [0, 0.05) is 30.7 Å². The Bertz CT molecular complexity index is 980. The fraction of sp³-hybridized carbons (Fsp3) is 0.200. The first-order valence-corrected chi connectivity index (χ1v) is 9.68. The van der Waals surface area contributed by atoms with E-state index in [9.17, 15) is 0 Å². The van der Waals surface area contributed by atoms with Crippen molar-refractivity contribution in [1.82, 2.24) is 15.0 Å². The highest BCUT2D eigenvalue weighted by molar-refractivity contribution is 9.10. The summed E-state index contributed by atoms with van der Waals surface area (Å²) in [6.07, 6.45) is 1.65. The van der Waals surface area contributed by atoms with Crippen LogP contribution in [-0.4, -0.2) is 42.4 Å². The maximum atomic E-state index is 5.35. The van der Waals surface area contributed by atoms with E-state index in [1.807, 2.05) is 67.5 Å². The molecule has 3 aromatic rings. The number of hydrazone groups is 1. The average molecular weight is 456 g/mol. The molecule has 0 amide bonds. The molecule has 2 aromatic carbocycles. The number of hydrogen-bond donors (Lipinski definition) is 2. The van der Waals surface area contributed by atoms with Crippen molar-refractivity contribution in [3.8, 4) is 5.75 Å². The van der Waals surface area contributed by atoms with E-state index >= 15 is 0 Å². The van der Waals surface area contributed by atoms with Gasteiger partial charge in [0.25, 0.3) is 0 Å². The van der Waals surface area contributed by atoms with E-state index in [4.69, 9.17) is 4.74 Å². The molecule has 0 saturated heterocycles. The zero-order chi connectivity index (χ0) is 20.6. The maximum absolute atomic E-state index is 5.35. The summed E-state index contributed by atoms with van der Waals surface area (Å²) in [7, 11) is 5.36. The Hall–Kier alpha value is -3.20. The van der Waals surface area contributed by atoms with Gasteiger partial charge in [0.1, 0.15) is 5.75 Å². The lowest BCUT2D eigenvalue weighted by Gasteiger charge is -2.13. The predicted molar refractivity (Wildman–Crippen MR) is 120 cm³/mol. The second-order valence-electron chi connectivity index (χ2n) is 6.27. The van der Waals surface area contributed by atoms with Crippen LogP contribution in [0.3, 0.4) is 0 Å². The number of nitrogens with zero attached hydrogens (tertiary/aromatic N) is 5. The molecular weight excluding hydrogens is 434 g/mol. The van der Waals surface area contributed by atoms with Gasteiger partial charge < -0.3 is 15.0 Å². The molecule has 29 heavy (non-hydrogen) atoms. The minimum atomic E-state index is 0.337. The van der Waals surface area contributed by atoms with E-state index in [-0.39, 0.29) is 0 Å². The molecule has 0 aliphatic rings. The molecule has 0 atom stereocenters. The highest BCUT2D eigenvalue weighted by Crippen LogP contribution is 2.21. The number of methoxy groups -OCH3 is 1. The van der Waals surface area contributed by atoms with Gasteiger partial charge in [-0.2, -0.15) is 20.1 Å². The summed E-state index contributed by atoms with van der Waals surface area (Å²) in [6.45, 7) is 0.607. The quantitative estimate of drug-likeness (QED) is 0.394. The molecule has 0 unspecified atom stereocenters.